The standard InChI is InChI=1S/C7H9N2.CHF3O3S/c1-2-4-8(5-3-1)9-6-7-9;2-1(3,4)8(5,6)7/h1-5H,6-7H2;(H,5,6,7)/q+1;/p-1. The third-order valence-electron chi connectivity index (χ3n) is 1.73. The van der Waals surface area contributed by atoms with Gasteiger partial charge < -0.3 is 4.55 Å². The van der Waals surface area contributed by atoms with E-state index in [0.717, 1.165) is 0 Å². The number of nitrogens with zero attached hydrogens (tertiary/aromatic N) is 2. The van der Waals surface area contributed by atoms with Gasteiger partial charge >= 0.3 is 5.51 Å². The quantitative estimate of drug-likeness (QED) is 0.311. The second-order valence-electron chi connectivity index (χ2n) is 3.11. The van der Waals surface area contributed by atoms with Crippen molar-refractivity contribution >= 4 is 10.1 Å². The van der Waals surface area contributed by atoms with E-state index in [0.29, 0.717) is 0 Å². The largest absolute Gasteiger partial charge is 0.741 e. The molecule has 0 bridgehead atoms. The molecule has 1 aliphatic rings. The molecule has 0 aliphatic carbocycles. The molecular weight excluding hydrogens is 261 g/mol. The summed E-state index contributed by atoms with van der Waals surface area (Å²) >= 11 is 0. The number of pyridine rings is 1. The average Bonchev–Trinajstić information content (AvgIpc) is 3.00. The monoisotopic (exact) mass is 270 g/mol. The van der Waals surface area contributed by atoms with Crippen molar-refractivity contribution in [3.63, 3.8) is 0 Å². The van der Waals surface area contributed by atoms with Crippen molar-refractivity contribution in [2.75, 3.05) is 18.1 Å². The summed E-state index contributed by atoms with van der Waals surface area (Å²) in [6.07, 6.45) is 4.12. The maximum Gasteiger partial charge on any atom is 0.485 e. The summed E-state index contributed by atoms with van der Waals surface area (Å²) in [6, 6.07) is 6.11. The van der Waals surface area contributed by atoms with Crippen molar-refractivity contribution in [3.05, 3.63) is 30.6 Å². The van der Waals surface area contributed by atoms with Crippen LogP contribution in [-0.2, 0) is 10.1 Å². The molecule has 0 unspecified atom stereocenters. The molecule has 0 N–H and O–H groups in total. The van der Waals surface area contributed by atoms with Crippen LogP contribution in [0.1, 0.15) is 0 Å². The van der Waals surface area contributed by atoms with Crippen LogP contribution in [0.25, 0.3) is 0 Å². The Morgan fingerprint density at radius 3 is 1.82 bits per heavy atom. The lowest BCUT2D eigenvalue weighted by atomic mass is 10.5. The predicted octanol–water partition coefficient (Wildman–Crippen LogP) is -0.0229. The van der Waals surface area contributed by atoms with Crippen LogP contribution >= 0.6 is 0 Å². The highest BCUT2D eigenvalue weighted by atomic mass is 32.2. The van der Waals surface area contributed by atoms with E-state index in [9.17, 15) is 13.2 Å². The molecule has 5 nitrogen and oxygen atoms in total. The van der Waals surface area contributed by atoms with E-state index in [1.54, 1.807) is 0 Å². The molecule has 0 radical (unpaired) electrons. The summed E-state index contributed by atoms with van der Waals surface area (Å²) in [4.78, 5) is 0. The maximum atomic E-state index is 10.7. The number of rotatable bonds is 1. The van der Waals surface area contributed by atoms with Crippen molar-refractivity contribution < 1.29 is 30.8 Å². The van der Waals surface area contributed by atoms with Gasteiger partial charge in [-0.15, -0.1) is 0 Å². The van der Waals surface area contributed by atoms with Crippen LogP contribution < -0.4 is 9.69 Å². The molecule has 2 rings (SSSR count). The van der Waals surface area contributed by atoms with Crippen molar-refractivity contribution in [3.8, 4) is 0 Å². The first-order chi connectivity index (χ1) is 7.72. The Bertz CT molecular complexity index is 457. The van der Waals surface area contributed by atoms with Crippen molar-refractivity contribution in [2.45, 2.75) is 5.51 Å². The van der Waals surface area contributed by atoms with Crippen molar-refractivity contribution in [2.24, 2.45) is 0 Å². The molecule has 0 amide bonds. The van der Waals surface area contributed by atoms with Gasteiger partial charge in [0.2, 0.25) is 0 Å². The Labute approximate surface area is 95.8 Å². The molecule has 17 heavy (non-hydrogen) atoms. The van der Waals surface area contributed by atoms with E-state index in [1.165, 1.54) is 13.1 Å². The maximum absolute atomic E-state index is 10.7. The molecule has 2 heterocycles. The molecule has 1 aliphatic heterocycles. The predicted molar refractivity (Wildman–Crippen MR) is 50.3 cm³/mol. The van der Waals surface area contributed by atoms with E-state index >= 15 is 0 Å². The highest BCUT2D eigenvalue weighted by Crippen LogP contribution is 2.20. The average molecular weight is 270 g/mol. The molecular formula is C8H9F3N2O3S. The molecule has 0 spiro atoms. The molecule has 9 heteroatoms. The number of halogens is 3. The van der Waals surface area contributed by atoms with Crippen molar-refractivity contribution in [1.82, 2.24) is 0 Å². The van der Waals surface area contributed by atoms with Crippen LogP contribution in [0.2, 0.25) is 0 Å². The van der Waals surface area contributed by atoms with Gasteiger partial charge in [0.05, 0.1) is 13.1 Å². The number of hydrogen-bond donors (Lipinski definition) is 0. The van der Waals surface area contributed by atoms with Crippen LogP contribution in [0.3, 0.4) is 0 Å². The molecule has 0 atom stereocenters. The Hall–Kier alpha value is -1.35. The second kappa shape index (κ2) is 4.88. The van der Waals surface area contributed by atoms with Gasteiger partial charge in [0.15, 0.2) is 22.5 Å². The first kappa shape index (κ1) is 13.7. The Kier molecular flexibility index (Phi) is 3.94. The zero-order valence-electron chi connectivity index (χ0n) is 8.46. The highest BCUT2D eigenvalue weighted by Gasteiger charge is 2.36. The van der Waals surface area contributed by atoms with Gasteiger partial charge in [-0.2, -0.15) is 18.2 Å². The normalized spacial score (nSPS) is 14.9. The SMILES string of the molecule is O=S(=O)([O-])C(F)(F)F.c1cc[n+](N2CC2)cc1. The lowest BCUT2D eigenvalue weighted by Crippen LogP contribution is -2.43. The molecule has 1 fully saturated rings. The fourth-order valence-electron chi connectivity index (χ4n) is 0.854. The second-order valence-corrected chi connectivity index (χ2v) is 4.48. The lowest BCUT2D eigenvalue weighted by Gasteiger charge is -2.08. The van der Waals surface area contributed by atoms with Crippen LogP contribution in [-0.4, -0.2) is 31.6 Å². The molecule has 0 saturated carbocycles. The zero-order valence-corrected chi connectivity index (χ0v) is 9.28. The first-order valence-corrected chi connectivity index (χ1v) is 5.86. The zero-order chi connectivity index (χ0) is 13.1. The smallest absolute Gasteiger partial charge is 0.485 e. The minimum atomic E-state index is -6.09. The molecule has 96 valence electrons. The fourth-order valence-corrected chi connectivity index (χ4v) is 0.854. The van der Waals surface area contributed by atoms with E-state index in [4.69, 9.17) is 13.0 Å². The number of aromatic nitrogens is 1. The Balaban J connectivity index is 0.000000172. The Morgan fingerprint density at radius 2 is 1.53 bits per heavy atom. The minimum Gasteiger partial charge on any atom is -0.741 e. The summed E-state index contributed by atoms with van der Waals surface area (Å²) < 4.78 is 61.0. The van der Waals surface area contributed by atoms with Gasteiger partial charge in [0.1, 0.15) is 0 Å². The third-order valence-corrected chi connectivity index (χ3v) is 2.30. The molecule has 1 aromatic rings. The summed E-state index contributed by atoms with van der Waals surface area (Å²) in [7, 11) is -6.09. The van der Waals surface area contributed by atoms with Gasteiger partial charge in [-0.25, -0.2) is 8.42 Å². The van der Waals surface area contributed by atoms with E-state index < -0.39 is 15.6 Å². The Morgan fingerprint density at radius 1 is 1.12 bits per heavy atom. The minimum absolute atomic E-state index is 1.20. The first-order valence-electron chi connectivity index (χ1n) is 4.45. The third kappa shape index (κ3) is 4.57. The van der Waals surface area contributed by atoms with Gasteiger partial charge in [0, 0.05) is 12.1 Å². The lowest BCUT2D eigenvalue weighted by molar-refractivity contribution is -0.675. The topological polar surface area (TPSA) is 64.1 Å². The van der Waals surface area contributed by atoms with Crippen LogP contribution in [0.15, 0.2) is 30.6 Å². The van der Waals surface area contributed by atoms with E-state index in [2.05, 4.69) is 22.1 Å². The number of alkyl halides is 3. The van der Waals surface area contributed by atoms with Crippen LogP contribution in [0.5, 0.6) is 0 Å². The van der Waals surface area contributed by atoms with Gasteiger partial charge in [-0.1, -0.05) is 10.7 Å². The van der Waals surface area contributed by atoms with Gasteiger partial charge in [-0.05, 0) is 0 Å². The summed E-state index contributed by atoms with van der Waals surface area (Å²) in [5.41, 5.74) is -5.65. The molecule has 0 aromatic carbocycles. The highest BCUT2D eigenvalue weighted by molar-refractivity contribution is 7.86. The van der Waals surface area contributed by atoms with Gasteiger partial charge in [0.25, 0.3) is 0 Å². The summed E-state index contributed by atoms with van der Waals surface area (Å²) in [5, 5.41) is 2.25. The van der Waals surface area contributed by atoms with Crippen molar-refractivity contribution in [1.29, 1.82) is 0 Å². The van der Waals surface area contributed by atoms with E-state index in [1.807, 2.05) is 18.2 Å². The molecule has 1 saturated heterocycles. The molecule has 1 aromatic heterocycles. The van der Waals surface area contributed by atoms with Crippen LogP contribution in [0, 0.1) is 0 Å². The summed E-state index contributed by atoms with van der Waals surface area (Å²) in [6.45, 7) is 2.41. The van der Waals surface area contributed by atoms with E-state index in [-0.39, 0.29) is 0 Å². The summed E-state index contributed by atoms with van der Waals surface area (Å²) in [5.74, 6) is 0. The fraction of sp³-hybridized carbons (Fsp3) is 0.375. The van der Waals surface area contributed by atoms with Gasteiger partial charge in [-0.3, -0.25) is 0 Å². The number of hydrogen-bond acceptors (Lipinski definition) is 4. The van der Waals surface area contributed by atoms with Crippen LogP contribution in [0.4, 0.5) is 13.2 Å².